The summed E-state index contributed by atoms with van der Waals surface area (Å²) in [6, 6.07) is 19.1. The molecule has 0 aliphatic rings. The van der Waals surface area contributed by atoms with Gasteiger partial charge in [-0.15, -0.1) is 0 Å². The van der Waals surface area contributed by atoms with Crippen molar-refractivity contribution >= 4 is 17.8 Å². The molecule has 3 rings (SSSR count). The van der Waals surface area contributed by atoms with Crippen LogP contribution in [0.5, 0.6) is 11.5 Å². The molecule has 0 fully saturated rings. The zero-order valence-electron chi connectivity index (χ0n) is 14.7. The van der Waals surface area contributed by atoms with Gasteiger partial charge in [0, 0.05) is 11.6 Å². The minimum Gasteiger partial charge on any atom is -0.491 e. The van der Waals surface area contributed by atoms with Gasteiger partial charge in [0.1, 0.15) is 0 Å². The monoisotopic (exact) mass is 359 g/mol. The lowest BCUT2D eigenvalue weighted by molar-refractivity contribution is 0.0729. The topological polar surface area (TPSA) is 65.5 Å². The van der Waals surface area contributed by atoms with Crippen molar-refractivity contribution < 1.29 is 19.1 Å². The molecule has 0 bridgehead atoms. The first-order valence-corrected chi connectivity index (χ1v) is 8.26. The summed E-state index contributed by atoms with van der Waals surface area (Å²) in [6.45, 7) is 0. The highest BCUT2D eigenvalue weighted by Crippen LogP contribution is 2.27. The first-order chi connectivity index (χ1) is 13.2. The van der Waals surface area contributed by atoms with E-state index in [9.17, 15) is 9.59 Å². The fourth-order valence-electron chi connectivity index (χ4n) is 2.36. The SMILES string of the molecule is COc1cnc(C=CC(=O)c2ccccc2)cc1OC(=O)c1ccccc1. The Morgan fingerprint density at radius 2 is 1.52 bits per heavy atom. The number of nitrogens with zero attached hydrogens (tertiary/aromatic N) is 1. The molecule has 0 N–H and O–H groups in total. The van der Waals surface area contributed by atoms with E-state index < -0.39 is 5.97 Å². The number of hydrogen-bond donors (Lipinski definition) is 0. The van der Waals surface area contributed by atoms with Gasteiger partial charge in [-0.2, -0.15) is 0 Å². The molecule has 5 nitrogen and oxygen atoms in total. The minimum absolute atomic E-state index is 0.143. The largest absolute Gasteiger partial charge is 0.491 e. The molecule has 0 amide bonds. The second-order valence-corrected chi connectivity index (χ2v) is 5.58. The molecule has 0 atom stereocenters. The predicted octanol–water partition coefficient (Wildman–Crippen LogP) is 4.21. The third-order valence-corrected chi connectivity index (χ3v) is 3.75. The number of ether oxygens (including phenoxy) is 2. The molecule has 134 valence electrons. The van der Waals surface area contributed by atoms with Gasteiger partial charge in [0.2, 0.25) is 0 Å². The summed E-state index contributed by atoms with van der Waals surface area (Å²) in [5, 5.41) is 0. The maximum absolute atomic E-state index is 12.3. The number of allylic oxidation sites excluding steroid dienone is 1. The van der Waals surface area contributed by atoms with Gasteiger partial charge < -0.3 is 9.47 Å². The number of rotatable bonds is 6. The Labute approximate surface area is 156 Å². The quantitative estimate of drug-likeness (QED) is 0.375. The summed E-state index contributed by atoms with van der Waals surface area (Å²) in [7, 11) is 1.46. The van der Waals surface area contributed by atoms with Crippen LogP contribution in [0.1, 0.15) is 26.4 Å². The van der Waals surface area contributed by atoms with Gasteiger partial charge in [-0.05, 0) is 24.3 Å². The van der Waals surface area contributed by atoms with Crippen molar-refractivity contribution in [3.63, 3.8) is 0 Å². The molecule has 0 spiro atoms. The second-order valence-electron chi connectivity index (χ2n) is 5.58. The Bertz CT molecular complexity index is 966. The first kappa shape index (κ1) is 18.1. The number of hydrogen-bond acceptors (Lipinski definition) is 5. The van der Waals surface area contributed by atoms with Crippen molar-refractivity contribution in [2.75, 3.05) is 7.11 Å². The Balaban J connectivity index is 1.80. The molecule has 0 aliphatic heterocycles. The number of ketones is 1. The number of benzene rings is 2. The van der Waals surface area contributed by atoms with E-state index in [1.54, 1.807) is 60.7 Å². The van der Waals surface area contributed by atoms with Crippen molar-refractivity contribution in [3.8, 4) is 11.5 Å². The Hall–Kier alpha value is -3.73. The zero-order chi connectivity index (χ0) is 19.1. The summed E-state index contributed by atoms with van der Waals surface area (Å²) in [5.41, 5.74) is 1.47. The molecule has 0 radical (unpaired) electrons. The van der Waals surface area contributed by atoms with Crippen LogP contribution in [0, 0.1) is 0 Å². The summed E-state index contributed by atoms with van der Waals surface area (Å²) >= 11 is 0. The second kappa shape index (κ2) is 8.58. The molecule has 0 aliphatic carbocycles. The van der Waals surface area contributed by atoms with Crippen molar-refractivity contribution in [2.45, 2.75) is 0 Å². The molecular weight excluding hydrogens is 342 g/mol. The number of esters is 1. The maximum atomic E-state index is 12.3. The minimum atomic E-state index is -0.504. The van der Waals surface area contributed by atoms with Crippen molar-refractivity contribution in [2.24, 2.45) is 0 Å². The van der Waals surface area contributed by atoms with Crippen LogP contribution in [-0.4, -0.2) is 23.8 Å². The number of methoxy groups -OCH3 is 1. The molecular formula is C22H17NO4. The van der Waals surface area contributed by atoms with E-state index in [2.05, 4.69) is 4.98 Å². The fourth-order valence-corrected chi connectivity index (χ4v) is 2.36. The van der Waals surface area contributed by atoms with E-state index in [-0.39, 0.29) is 11.5 Å². The fraction of sp³-hybridized carbons (Fsp3) is 0.0455. The van der Waals surface area contributed by atoms with Gasteiger partial charge in [-0.25, -0.2) is 4.79 Å². The Morgan fingerprint density at radius 1 is 0.889 bits per heavy atom. The van der Waals surface area contributed by atoms with Crippen LogP contribution >= 0.6 is 0 Å². The average Bonchev–Trinajstić information content (AvgIpc) is 2.73. The first-order valence-electron chi connectivity index (χ1n) is 8.26. The highest BCUT2D eigenvalue weighted by molar-refractivity contribution is 6.06. The molecule has 0 unspecified atom stereocenters. The zero-order valence-corrected chi connectivity index (χ0v) is 14.7. The summed E-state index contributed by atoms with van der Waals surface area (Å²) < 4.78 is 10.6. The van der Waals surface area contributed by atoms with Gasteiger partial charge in [0.05, 0.1) is 24.6 Å². The molecule has 3 aromatic rings. The standard InChI is InChI=1S/C22H17NO4/c1-26-21-15-23-18(12-13-19(24)16-8-4-2-5-9-16)14-20(21)27-22(25)17-10-6-3-7-11-17/h2-15H,1H3. The molecule has 5 heteroatoms. The van der Waals surface area contributed by atoms with Crippen molar-refractivity contribution in [1.82, 2.24) is 4.98 Å². The molecule has 0 saturated heterocycles. The van der Waals surface area contributed by atoms with Crippen LogP contribution in [-0.2, 0) is 0 Å². The highest BCUT2D eigenvalue weighted by Gasteiger charge is 2.13. The van der Waals surface area contributed by atoms with Crippen LogP contribution in [0.3, 0.4) is 0 Å². The highest BCUT2D eigenvalue weighted by atomic mass is 16.6. The Morgan fingerprint density at radius 3 is 2.15 bits per heavy atom. The van der Waals surface area contributed by atoms with E-state index in [0.29, 0.717) is 22.6 Å². The molecule has 2 aromatic carbocycles. The van der Waals surface area contributed by atoms with Gasteiger partial charge in [0.25, 0.3) is 0 Å². The van der Waals surface area contributed by atoms with Crippen molar-refractivity contribution in [1.29, 1.82) is 0 Å². The summed E-state index contributed by atoms with van der Waals surface area (Å²) in [4.78, 5) is 28.6. The smallest absolute Gasteiger partial charge is 0.343 e. The van der Waals surface area contributed by atoms with E-state index >= 15 is 0 Å². The maximum Gasteiger partial charge on any atom is 0.343 e. The third-order valence-electron chi connectivity index (χ3n) is 3.75. The van der Waals surface area contributed by atoms with E-state index in [1.165, 1.54) is 19.4 Å². The summed E-state index contributed by atoms with van der Waals surface area (Å²) in [5.74, 6) is -0.0922. The predicted molar refractivity (Wildman–Crippen MR) is 102 cm³/mol. The normalized spacial score (nSPS) is 10.6. The van der Waals surface area contributed by atoms with Crippen LogP contribution in [0.15, 0.2) is 79.0 Å². The van der Waals surface area contributed by atoms with Crippen LogP contribution in [0.25, 0.3) is 6.08 Å². The molecule has 1 aromatic heterocycles. The number of aromatic nitrogens is 1. The Kier molecular flexibility index (Phi) is 5.74. The van der Waals surface area contributed by atoms with E-state index in [1.807, 2.05) is 12.1 Å². The van der Waals surface area contributed by atoms with E-state index in [0.717, 1.165) is 0 Å². The molecule has 27 heavy (non-hydrogen) atoms. The average molecular weight is 359 g/mol. The lowest BCUT2D eigenvalue weighted by Gasteiger charge is -2.09. The molecule has 0 saturated carbocycles. The van der Waals surface area contributed by atoms with Gasteiger partial charge in [0.15, 0.2) is 17.3 Å². The van der Waals surface area contributed by atoms with Gasteiger partial charge >= 0.3 is 5.97 Å². The van der Waals surface area contributed by atoms with Crippen molar-refractivity contribution in [3.05, 3.63) is 95.8 Å². The third kappa shape index (κ3) is 4.67. The van der Waals surface area contributed by atoms with E-state index in [4.69, 9.17) is 9.47 Å². The lowest BCUT2D eigenvalue weighted by Crippen LogP contribution is -2.09. The lowest BCUT2D eigenvalue weighted by atomic mass is 10.1. The summed E-state index contributed by atoms with van der Waals surface area (Å²) in [6.07, 6.45) is 4.43. The van der Waals surface area contributed by atoms with Crippen LogP contribution in [0.2, 0.25) is 0 Å². The number of carbonyl (C=O) groups excluding carboxylic acids is 2. The van der Waals surface area contributed by atoms with Crippen LogP contribution in [0.4, 0.5) is 0 Å². The number of carbonyl (C=O) groups is 2. The van der Waals surface area contributed by atoms with Crippen LogP contribution < -0.4 is 9.47 Å². The number of pyridine rings is 1. The molecule has 1 heterocycles. The van der Waals surface area contributed by atoms with Gasteiger partial charge in [-0.3, -0.25) is 9.78 Å². The van der Waals surface area contributed by atoms with Gasteiger partial charge in [-0.1, -0.05) is 48.5 Å².